The predicted octanol–water partition coefficient (Wildman–Crippen LogP) is 3.19. The maximum Gasteiger partial charge on any atom is 0.273 e. The summed E-state index contributed by atoms with van der Waals surface area (Å²) in [6, 6.07) is 10.2. The Balaban J connectivity index is 2.17. The summed E-state index contributed by atoms with van der Waals surface area (Å²) in [4.78, 5) is 18.2. The quantitative estimate of drug-likeness (QED) is 0.845. The van der Waals surface area contributed by atoms with Crippen LogP contribution in [0.15, 0.2) is 41.2 Å². The van der Waals surface area contributed by atoms with Gasteiger partial charge in [0.1, 0.15) is 5.69 Å². The highest BCUT2D eigenvalue weighted by Crippen LogP contribution is 2.13. The van der Waals surface area contributed by atoms with Crippen LogP contribution in [0.4, 0.5) is 0 Å². The molecule has 18 heavy (non-hydrogen) atoms. The molecule has 0 unspecified atom stereocenters. The van der Waals surface area contributed by atoms with Crippen LogP contribution < -0.4 is 0 Å². The highest BCUT2D eigenvalue weighted by molar-refractivity contribution is 7.07. The van der Waals surface area contributed by atoms with Crippen molar-refractivity contribution in [2.24, 2.45) is 0 Å². The monoisotopic (exact) mass is 260 g/mol. The van der Waals surface area contributed by atoms with Crippen LogP contribution in [-0.4, -0.2) is 21.8 Å². The Hall–Kier alpha value is -1.68. The largest absolute Gasteiger partial charge is 0.331 e. The fourth-order valence-electron chi connectivity index (χ4n) is 1.73. The van der Waals surface area contributed by atoms with Gasteiger partial charge in [-0.15, -0.1) is 11.3 Å². The lowest BCUT2D eigenvalue weighted by atomic mass is 10.2. The number of carbonyl (C=O) groups is 1. The molecule has 0 saturated carbocycles. The summed E-state index contributed by atoms with van der Waals surface area (Å²) < 4.78 is 0. The van der Waals surface area contributed by atoms with E-state index in [1.165, 1.54) is 11.3 Å². The molecule has 1 amide bonds. The summed E-state index contributed by atoms with van der Waals surface area (Å²) in [5, 5.41) is 1.79. The van der Waals surface area contributed by atoms with Crippen LogP contribution in [0.2, 0.25) is 0 Å². The summed E-state index contributed by atoms with van der Waals surface area (Å²) >= 11 is 1.44. The number of hydrogen-bond donors (Lipinski definition) is 0. The van der Waals surface area contributed by atoms with Gasteiger partial charge in [0.05, 0.1) is 5.51 Å². The molecule has 94 valence electrons. The number of thiazole rings is 1. The molecule has 0 atom stereocenters. The Morgan fingerprint density at radius 2 is 2.06 bits per heavy atom. The van der Waals surface area contributed by atoms with E-state index in [1.807, 2.05) is 49.1 Å². The minimum atomic E-state index is -0.00453. The van der Waals surface area contributed by atoms with Gasteiger partial charge in [0.15, 0.2) is 0 Å². The number of hydrogen-bond acceptors (Lipinski definition) is 3. The molecular weight excluding hydrogens is 244 g/mol. The van der Waals surface area contributed by atoms with Crippen LogP contribution in [0.3, 0.4) is 0 Å². The van der Waals surface area contributed by atoms with Crippen molar-refractivity contribution in [2.45, 2.75) is 26.4 Å². The van der Waals surface area contributed by atoms with Crippen LogP contribution in [0.5, 0.6) is 0 Å². The molecule has 2 aromatic rings. The van der Waals surface area contributed by atoms with Crippen molar-refractivity contribution in [3.8, 4) is 0 Å². The minimum Gasteiger partial charge on any atom is -0.331 e. The first kappa shape index (κ1) is 12.8. The number of rotatable bonds is 4. The zero-order valence-corrected chi connectivity index (χ0v) is 11.4. The Labute approximate surface area is 111 Å². The number of benzene rings is 1. The van der Waals surface area contributed by atoms with Gasteiger partial charge in [-0.2, -0.15) is 0 Å². The van der Waals surface area contributed by atoms with E-state index < -0.39 is 0 Å². The molecule has 0 aliphatic heterocycles. The summed E-state index contributed by atoms with van der Waals surface area (Å²) in [7, 11) is 0. The lowest BCUT2D eigenvalue weighted by molar-refractivity contribution is 0.0685. The van der Waals surface area contributed by atoms with Gasteiger partial charge in [0.2, 0.25) is 0 Å². The number of aromatic nitrogens is 1. The maximum atomic E-state index is 12.3. The smallest absolute Gasteiger partial charge is 0.273 e. The second-order valence-corrected chi connectivity index (χ2v) is 5.10. The summed E-state index contributed by atoms with van der Waals surface area (Å²) in [6.45, 7) is 4.66. The SMILES string of the molecule is CC(C)N(Cc1ccccc1)C(=O)c1cscn1. The van der Waals surface area contributed by atoms with Gasteiger partial charge in [0.25, 0.3) is 5.91 Å². The number of nitrogens with zero attached hydrogens (tertiary/aromatic N) is 2. The molecule has 1 aromatic carbocycles. The van der Waals surface area contributed by atoms with Crippen molar-refractivity contribution in [3.05, 3.63) is 52.5 Å². The Morgan fingerprint density at radius 1 is 1.33 bits per heavy atom. The van der Waals surface area contributed by atoms with E-state index in [-0.39, 0.29) is 11.9 Å². The molecule has 0 N–H and O–H groups in total. The molecular formula is C14H16N2OS. The predicted molar refractivity (Wildman–Crippen MR) is 73.6 cm³/mol. The average Bonchev–Trinajstić information content (AvgIpc) is 2.90. The van der Waals surface area contributed by atoms with Crippen molar-refractivity contribution in [3.63, 3.8) is 0 Å². The molecule has 1 aromatic heterocycles. The molecule has 0 saturated heterocycles. The lowest BCUT2D eigenvalue weighted by Gasteiger charge is -2.26. The third-order valence-corrected chi connectivity index (χ3v) is 3.32. The van der Waals surface area contributed by atoms with Crippen LogP contribution >= 0.6 is 11.3 Å². The van der Waals surface area contributed by atoms with E-state index in [0.717, 1.165) is 5.56 Å². The summed E-state index contributed by atoms with van der Waals surface area (Å²) in [5.41, 5.74) is 3.35. The molecule has 0 radical (unpaired) electrons. The molecule has 0 aliphatic rings. The first-order chi connectivity index (χ1) is 8.68. The zero-order chi connectivity index (χ0) is 13.0. The van der Waals surface area contributed by atoms with Crippen molar-refractivity contribution < 1.29 is 4.79 Å². The number of carbonyl (C=O) groups excluding carboxylic acids is 1. The van der Waals surface area contributed by atoms with Crippen LogP contribution in [0.25, 0.3) is 0 Å². The van der Waals surface area contributed by atoms with Crippen LogP contribution in [-0.2, 0) is 6.54 Å². The second kappa shape index (κ2) is 5.78. The Morgan fingerprint density at radius 3 is 2.61 bits per heavy atom. The molecule has 3 nitrogen and oxygen atoms in total. The Kier molecular flexibility index (Phi) is 4.10. The van der Waals surface area contributed by atoms with Crippen molar-refractivity contribution >= 4 is 17.2 Å². The molecule has 4 heteroatoms. The van der Waals surface area contributed by atoms with Gasteiger partial charge in [0, 0.05) is 18.0 Å². The van der Waals surface area contributed by atoms with Crippen LogP contribution in [0, 0.1) is 0 Å². The topological polar surface area (TPSA) is 33.2 Å². The van der Waals surface area contributed by atoms with Gasteiger partial charge >= 0.3 is 0 Å². The molecule has 0 fully saturated rings. The van der Waals surface area contributed by atoms with E-state index in [2.05, 4.69) is 4.98 Å². The molecule has 2 rings (SSSR count). The lowest BCUT2D eigenvalue weighted by Crippen LogP contribution is -2.36. The number of amides is 1. The van der Waals surface area contributed by atoms with E-state index >= 15 is 0 Å². The zero-order valence-electron chi connectivity index (χ0n) is 10.5. The van der Waals surface area contributed by atoms with Crippen molar-refractivity contribution in [2.75, 3.05) is 0 Å². The van der Waals surface area contributed by atoms with E-state index in [4.69, 9.17) is 0 Å². The second-order valence-electron chi connectivity index (χ2n) is 4.39. The summed E-state index contributed by atoms with van der Waals surface area (Å²) in [5.74, 6) is -0.00453. The average molecular weight is 260 g/mol. The molecule has 1 heterocycles. The van der Waals surface area contributed by atoms with Crippen molar-refractivity contribution in [1.82, 2.24) is 9.88 Å². The third kappa shape index (κ3) is 2.96. The first-order valence-electron chi connectivity index (χ1n) is 5.91. The Bertz CT molecular complexity index is 494. The van der Waals surface area contributed by atoms with Gasteiger partial charge < -0.3 is 4.90 Å². The van der Waals surface area contributed by atoms with Gasteiger partial charge in [-0.25, -0.2) is 4.98 Å². The molecule has 0 aliphatic carbocycles. The third-order valence-electron chi connectivity index (χ3n) is 2.73. The fourth-order valence-corrected chi connectivity index (χ4v) is 2.26. The van der Waals surface area contributed by atoms with Gasteiger partial charge in [-0.3, -0.25) is 4.79 Å². The van der Waals surface area contributed by atoms with E-state index in [9.17, 15) is 4.79 Å². The van der Waals surface area contributed by atoms with Crippen molar-refractivity contribution in [1.29, 1.82) is 0 Å². The maximum absolute atomic E-state index is 12.3. The minimum absolute atomic E-state index is 0.00453. The summed E-state index contributed by atoms with van der Waals surface area (Å²) in [6.07, 6.45) is 0. The van der Waals surface area contributed by atoms with Gasteiger partial charge in [-0.1, -0.05) is 30.3 Å². The van der Waals surface area contributed by atoms with Crippen LogP contribution in [0.1, 0.15) is 29.9 Å². The van der Waals surface area contributed by atoms with Gasteiger partial charge in [-0.05, 0) is 19.4 Å². The molecule has 0 spiro atoms. The molecule has 0 bridgehead atoms. The standard InChI is InChI=1S/C14H16N2OS/c1-11(2)16(8-12-6-4-3-5-7-12)14(17)13-9-18-10-15-13/h3-7,9-11H,8H2,1-2H3. The highest BCUT2D eigenvalue weighted by atomic mass is 32.1. The normalized spacial score (nSPS) is 10.6. The fraction of sp³-hybridized carbons (Fsp3) is 0.286. The van der Waals surface area contributed by atoms with E-state index in [1.54, 1.807) is 10.9 Å². The van der Waals surface area contributed by atoms with E-state index in [0.29, 0.717) is 12.2 Å². The highest BCUT2D eigenvalue weighted by Gasteiger charge is 2.20. The first-order valence-corrected chi connectivity index (χ1v) is 6.86.